The SMILES string of the molecule is [Zn+][Br].[c-]1ccc(N2CCOCC2)cc1. The summed E-state index contributed by atoms with van der Waals surface area (Å²) >= 11 is 4.25. The van der Waals surface area contributed by atoms with Gasteiger partial charge in [-0.1, -0.05) is 5.69 Å². The fraction of sp³-hybridized carbons (Fsp3) is 0.400. The number of ether oxygens (including phenoxy) is 1. The van der Waals surface area contributed by atoms with Crippen LogP contribution in [0.2, 0.25) is 0 Å². The third-order valence-electron chi connectivity index (χ3n) is 2.08. The van der Waals surface area contributed by atoms with Gasteiger partial charge in [-0.15, -0.1) is 12.1 Å². The van der Waals surface area contributed by atoms with Crippen LogP contribution in [0.25, 0.3) is 0 Å². The van der Waals surface area contributed by atoms with Crippen LogP contribution in [-0.2, 0) is 21.1 Å². The van der Waals surface area contributed by atoms with E-state index in [0.717, 1.165) is 26.3 Å². The molecule has 1 fully saturated rings. The van der Waals surface area contributed by atoms with E-state index in [9.17, 15) is 0 Å². The Labute approximate surface area is 102 Å². The number of halogens is 1. The second-order valence-electron chi connectivity index (χ2n) is 2.86. The molecule has 0 atom stereocenters. The van der Waals surface area contributed by atoms with Gasteiger partial charge in [0.25, 0.3) is 0 Å². The summed E-state index contributed by atoms with van der Waals surface area (Å²) in [7, 11) is 0. The topological polar surface area (TPSA) is 12.5 Å². The molecule has 2 rings (SSSR count). The molecule has 1 aliphatic rings. The third-order valence-corrected chi connectivity index (χ3v) is 2.08. The smallest absolute Gasteiger partial charge is 0.0641 e. The second kappa shape index (κ2) is 7.38. The van der Waals surface area contributed by atoms with Gasteiger partial charge < -0.3 is 9.64 Å². The maximum atomic E-state index is 5.27. The summed E-state index contributed by atoms with van der Waals surface area (Å²) in [6, 6.07) is 11.1. The molecule has 0 N–H and O–H groups in total. The first kappa shape index (κ1) is 12.2. The van der Waals surface area contributed by atoms with Gasteiger partial charge in [0.15, 0.2) is 0 Å². The Bertz CT molecular complexity index is 239. The van der Waals surface area contributed by atoms with Gasteiger partial charge in [0.1, 0.15) is 0 Å². The standard InChI is InChI=1S/C10H12NO.BrH.Zn/c1-2-4-10(5-3-1)11-6-8-12-9-7-11;;/h2-5H,6-9H2;1H;/q-1;;+2/p-1. The summed E-state index contributed by atoms with van der Waals surface area (Å²) < 4.78 is 5.27. The fourth-order valence-electron chi connectivity index (χ4n) is 1.41. The maximum Gasteiger partial charge on any atom is 0.0641 e. The first-order chi connectivity index (χ1) is 6.97. The van der Waals surface area contributed by atoms with Crippen LogP contribution < -0.4 is 4.90 Å². The van der Waals surface area contributed by atoms with Gasteiger partial charge in [-0.2, -0.15) is 18.2 Å². The molecule has 4 heteroatoms. The molecule has 1 heterocycles. The van der Waals surface area contributed by atoms with Gasteiger partial charge in [0, 0.05) is 13.1 Å². The fourth-order valence-corrected chi connectivity index (χ4v) is 1.41. The molecular formula is C10H12BrNOZn. The summed E-state index contributed by atoms with van der Waals surface area (Å²) in [5, 5.41) is 0. The van der Waals surface area contributed by atoms with Crippen molar-refractivity contribution in [2.45, 2.75) is 0 Å². The van der Waals surface area contributed by atoms with Crippen LogP contribution in [0.3, 0.4) is 0 Å². The molecule has 0 bridgehead atoms. The molecule has 1 aliphatic heterocycles. The Kier molecular flexibility index (Phi) is 6.41. The minimum atomic E-state index is 0.846. The molecule has 0 amide bonds. The molecule has 72 valence electrons. The van der Waals surface area contributed by atoms with Crippen LogP contribution in [0.15, 0.2) is 24.3 Å². The molecule has 0 unspecified atom stereocenters. The predicted molar refractivity (Wildman–Crippen MR) is 57.2 cm³/mol. The summed E-state index contributed by atoms with van der Waals surface area (Å²) in [4.78, 5) is 2.33. The van der Waals surface area contributed by atoms with Crippen molar-refractivity contribution in [2.75, 3.05) is 31.2 Å². The number of morpholine rings is 1. The zero-order chi connectivity index (χ0) is 10.2. The average Bonchev–Trinajstić information content (AvgIpc) is 2.34. The first-order valence-corrected chi connectivity index (χ1v) is 11.5. The van der Waals surface area contributed by atoms with Crippen molar-refractivity contribution < 1.29 is 21.1 Å². The number of benzene rings is 1. The summed E-state index contributed by atoms with van der Waals surface area (Å²) in [5.74, 6) is 0. The predicted octanol–water partition coefficient (Wildman–Crippen LogP) is 2.17. The number of hydrogen-bond acceptors (Lipinski definition) is 2. The summed E-state index contributed by atoms with van der Waals surface area (Å²) in [6.45, 7) is 3.70. The number of hydrogen-bond donors (Lipinski definition) is 0. The average molecular weight is 308 g/mol. The maximum absolute atomic E-state index is 5.27. The second-order valence-corrected chi connectivity index (χ2v) is 2.86. The summed E-state index contributed by atoms with van der Waals surface area (Å²) in [6.07, 6.45) is 0. The van der Waals surface area contributed by atoms with Gasteiger partial charge in [-0.3, -0.25) is 0 Å². The van der Waals surface area contributed by atoms with Crippen LogP contribution in [-0.4, -0.2) is 26.3 Å². The van der Waals surface area contributed by atoms with Gasteiger partial charge >= 0.3 is 30.0 Å². The van der Waals surface area contributed by atoms with Crippen LogP contribution >= 0.6 is 13.6 Å². The largest absolute Gasteiger partial charge is 0.389 e. The normalized spacial score (nSPS) is 15.8. The Morgan fingerprint density at radius 2 is 1.79 bits per heavy atom. The van der Waals surface area contributed by atoms with Crippen LogP contribution in [0.1, 0.15) is 0 Å². The van der Waals surface area contributed by atoms with Crippen molar-refractivity contribution in [1.82, 2.24) is 0 Å². The van der Waals surface area contributed by atoms with Gasteiger partial charge in [0.2, 0.25) is 0 Å². The van der Waals surface area contributed by atoms with Crippen molar-refractivity contribution in [3.63, 3.8) is 0 Å². The van der Waals surface area contributed by atoms with Crippen molar-refractivity contribution in [2.24, 2.45) is 0 Å². The Morgan fingerprint density at radius 3 is 2.36 bits per heavy atom. The van der Waals surface area contributed by atoms with Crippen molar-refractivity contribution in [1.29, 1.82) is 0 Å². The van der Waals surface area contributed by atoms with Gasteiger partial charge in [-0.05, 0) is 0 Å². The molecule has 1 aromatic rings. The molecule has 0 aliphatic carbocycles. The Morgan fingerprint density at radius 1 is 1.21 bits per heavy atom. The number of anilines is 1. The van der Waals surface area contributed by atoms with E-state index in [0.29, 0.717) is 0 Å². The Balaban J connectivity index is 0.000000461. The van der Waals surface area contributed by atoms with E-state index in [1.165, 1.54) is 22.0 Å². The molecule has 1 aromatic carbocycles. The van der Waals surface area contributed by atoms with E-state index in [4.69, 9.17) is 4.74 Å². The number of rotatable bonds is 1. The minimum Gasteiger partial charge on any atom is -0.389 e. The first-order valence-electron chi connectivity index (χ1n) is 4.52. The quantitative estimate of drug-likeness (QED) is 0.582. The molecule has 0 aromatic heterocycles. The van der Waals surface area contributed by atoms with E-state index in [2.05, 4.69) is 36.7 Å². The van der Waals surface area contributed by atoms with Crippen LogP contribution in [0, 0.1) is 6.07 Å². The number of nitrogens with zero attached hydrogens (tertiary/aromatic N) is 1. The molecule has 0 spiro atoms. The zero-order valence-corrected chi connectivity index (χ0v) is 12.6. The van der Waals surface area contributed by atoms with Crippen molar-refractivity contribution >= 4 is 19.3 Å². The van der Waals surface area contributed by atoms with Gasteiger partial charge in [-0.25, -0.2) is 0 Å². The summed E-state index contributed by atoms with van der Waals surface area (Å²) in [5.41, 5.74) is 1.28. The molecule has 14 heavy (non-hydrogen) atoms. The minimum absolute atomic E-state index is 0.846. The van der Waals surface area contributed by atoms with Gasteiger partial charge in [0.05, 0.1) is 13.2 Å². The van der Waals surface area contributed by atoms with E-state index in [1.54, 1.807) is 0 Å². The third kappa shape index (κ3) is 3.68. The van der Waals surface area contributed by atoms with E-state index in [-0.39, 0.29) is 0 Å². The van der Waals surface area contributed by atoms with Crippen LogP contribution in [0.4, 0.5) is 5.69 Å². The molecule has 1 saturated heterocycles. The molecule has 0 saturated carbocycles. The monoisotopic (exact) mass is 305 g/mol. The van der Waals surface area contributed by atoms with E-state index < -0.39 is 0 Å². The van der Waals surface area contributed by atoms with E-state index in [1.807, 2.05) is 12.1 Å². The Hall–Kier alpha value is 0.0834. The molecule has 0 radical (unpaired) electrons. The van der Waals surface area contributed by atoms with Crippen molar-refractivity contribution in [3.8, 4) is 0 Å². The van der Waals surface area contributed by atoms with Crippen LogP contribution in [0.5, 0.6) is 0 Å². The molecular weight excluding hydrogens is 295 g/mol. The van der Waals surface area contributed by atoms with Crippen molar-refractivity contribution in [3.05, 3.63) is 30.3 Å². The van der Waals surface area contributed by atoms with E-state index >= 15 is 0 Å². The zero-order valence-electron chi connectivity index (χ0n) is 8.08. The molecule has 2 nitrogen and oxygen atoms in total.